The van der Waals surface area contributed by atoms with Crippen molar-refractivity contribution in [1.82, 2.24) is 15.0 Å². The molecule has 8 nitrogen and oxygen atoms in total. The molecule has 1 aliphatic rings. The molecule has 0 saturated heterocycles. The fraction of sp³-hybridized carbons (Fsp3) is 0.200. The van der Waals surface area contributed by atoms with E-state index in [0.717, 1.165) is 4.90 Å². The largest absolute Gasteiger partial charge is 0.497 e. The maximum atomic E-state index is 13.3. The van der Waals surface area contributed by atoms with Gasteiger partial charge in [-0.15, -0.1) is 0 Å². The molecular weight excluding hydrogens is 396 g/mol. The second-order valence-corrected chi connectivity index (χ2v) is 6.63. The van der Waals surface area contributed by atoms with Gasteiger partial charge in [0.15, 0.2) is 5.96 Å². The van der Waals surface area contributed by atoms with Crippen molar-refractivity contribution in [3.63, 3.8) is 0 Å². The summed E-state index contributed by atoms with van der Waals surface area (Å²) < 4.78 is 36.9. The number of likely N-dealkylation sites (N-methyl/N-ethyl adjacent to an activating group) is 1. The minimum Gasteiger partial charge on any atom is -0.497 e. The zero-order chi connectivity index (χ0) is 21.5. The molecule has 0 bridgehead atoms. The molecule has 0 saturated carbocycles. The molecule has 1 unspecified atom stereocenters. The van der Waals surface area contributed by atoms with Crippen LogP contribution in [0.4, 0.5) is 8.78 Å². The van der Waals surface area contributed by atoms with E-state index in [2.05, 4.69) is 15.1 Å². The van der Waals surface area contributed by atoms with Crippen LogP contribution in [0.2, 0.25) is 0 Å². The molecule has 0 spiro atoms. The van der Waals surface area contributed by atoms with Gasteiger partial charge in [-0.05, 0) is 35.9 Å². The van der Waals surface area contributed by atoms with E-state index >= 15 is 0 Å². The minimum absolute atomic E-state index is 0.0250. The van der Waals surface area contributed by atoms with Crippen LogP contribution in [0, 0.1) is 0 Å². The number of hydrogen-bond donors (Lipinski definition) is 1. The molecule has 30 heavy (non-hydrogen) atoms. The van der Waals surface area contributed by atoms with Gasteiger partial charge in [0.25, 0.3) is 12.3 Å². The molecule has 2 aromatic heterocycles. The Kier molecular flexibility index (Phi) is 4.69. The SMILES string of the molecule is COc1cc(-c2ccon2)cc(C2(c3cccc(C(F)F)n3)N=C(N)N(C)C2=O)c1. The van der Waals surface area contributed by atoms with Crippen molar-refractivity contribution in [3.8, 4) is 17.0 Å². The highest BCUT2D eigenvalue weighted by Gasteiger charge is 2.51. The lowest BCUT2D eigenvalue weighted by atomic mass is 9.84. The number of carbonyl (C=O) groups is 1. The van der Waals surface area contributed by atoms with Crippen molar-refractivity contribution in [2.45, 2.75) is 12.0 Å². The lowest BCUT2D eigenvalue weighted by Crippen LogP contribution is -2.41. The van der Waals surface area contributed by atoms with E-state index in [9.17, 15) is 13.6 Å². The molecule has 2 N–H and O–H groups in total. The van der Waals surface area contributed by atoms with Gasteiger partial charge in [0.05, 0.1) is 12.8 Å². The summed E-state index contributed by atoms with van der Waals surface area (Å²) in [6.07, 6.45) is -1.41. The molecule has 0 radical (unpaired) electrons. The monoisotopic (exact) mass is 413 g/mol. The van der Waals surface area contributed by atoms with Crippen LogP contribution >= 0.6 is 0 Å². The topological polar surface area (TPSA) is 107 Å². The molecule has 4 rings (SSSR count). The van der Waals surface area contributed by atoms with Gasteiger partial charge in [0.2, 0.25) is 5.54 Å². The van der Waals surface area contributed by atoms with E-state index in [1.165, 1.54) is 38.6 Å². The van der Waals surface area contributed by atoms with Crippen LogP contribution < -0.4 is 10.5 Å². The highest BCUT2D eigenvalue weighted by Crippen LogP contribution is 2.41. The number of carbonyl (C=O) groups excluding carboxylic acids is 1. The number of ether oxygens (including phenoxy) is 1. The van der Waals surface area contributed by atoms with E-state index < -0.39 is 23.6 Å². The summed E-state index contributed by atoms with van der Waals surface area (Å²) in [6, 6.07) is 10.6. The van der Waals surface area contributed by atoms with E-state index in [1.807, 2.05) is 0 Å². The van der Waals surface area contributed by atoms with Crippen LogP contribution in [-0.2, 0) is 10.3 Å². The Morgan fingerprint density at radius 1 is 1.23 bits per heavy atom. The van der Waals surface area contributed by atoms with Gasteiger partial charge >= 0.3 is 0 Å². The number of rotatable bonds is 5. The third-order valence-corrected chi connectivity index (χ3v) is 4.90. The predicted molar refractivity (Wildman–Crippen MR) is 103 cm³/mol. The first kappa shape index (κ1) is 19.5. The summed E-state index contributed by atoms with van der Waals surface area (Å²) in [7, 11) is 2.92. The number of methoxy groups -OCH3 is 1. The standard InChI is InChI=1S/C20H17F2N5O3/c1-27-18(28)20(25-19(27)23,16-5-3-4-15(24-16)17(21)22)12-8-11(9-13(10-12)29-2)14-6-7-30-26-14/h3-10,17H,1-2H3,(H2,23,25). The first-order chi connectivity index (χ1) is 14.4. The molecule has 0 aliphatic carbocycles. The maximum absolute atomic E-state index is 13.3. The number of halogens is 2. The number of amides is 1. The average Bonchev–Trinajstić information content (AvgIpc) is 3.37. The Balaban J connectivity index is 2.01. The lowest BCUT2D eigenvalue weighted by molar-refractivity contribution is -0.129. The van der Waals surface area contributed by atoms with Crippen molar-refractivity contribution in [1.29, 1.82) is 0 Å². The van der Waals surface area contributed by atoms with Crippen molar-refractivity contribution in [2.24, 2.45) is 10.7 Å². The molecule has 154 valence electrons. The quantitative estimate of drug-likeness (QED) is 0.689. The average molecular weight is 413 g/mol. The molecule has 1 atom stereocenters. The first-order valence-corrected chi connectivity index (χ1v) is 8.86. The Bertz CT molecular complexity index is 1130. The van der Waals surface area contributed by atoms with Crippen molar-refractivity contribution >= 4 is 11.9 Å². The number of benzene rings is 1. The van der Waals surface area contributed by atoms with Gasteiger partial charge in [-0.2, -0.15) is 0 Å². The number of aliphatic imine (C=N–C) groups is 1. The number of aromatic nitrogens is 2. The van der Waals surface area contributed by atoms with Crippen LogP contribution in [0.5, 0.6) is 5.75 Å². The Morgan fingerprint density at radius 2 is 2.03 bits per heavy atom. The number of alkyl halides is 2. The second-order valence-electron chi connectivity index (χ2n) is 6.63. The second kappa shape index (κ2) is 7.21. The van der Waals surface area contributed by atoms with E-state index in [4.69, 9.17) is 15.0 Å². The number of nitrogens with two attached hydrogens (primary N) is 1. The van der Waals surface area contributed by atoms with Gasteiger partial charge in [-0.25, -0.2) is 18.8 Å². The van der Waals surface area contributed by atoms with Gasteiger partial charge in [-0.1, -0.05) is 11.2 Å². The Labute approximate surface area is 170 Å². The molecular formula is C20H17F2N5O3. The van der Waals surface area contributed by atoms with Crippen molar-refractivity contribution in [2.75, 3.05) is 14.2 Å². The summed E-state index contributed by atoms with van der Waals surface area (Å²) in [5.41, 5.74) is 5.16. The highest BCUT2D eigenvalue weighted by atomic mass is 19.3. The number of pyridine rings is 1. The number of guanidine groups is 1. The molecule has 1 aliphatic heterocycles. The minimum atomic E-state index is -2.81. The Hall–Kier alpha value is -3.82. The van der Waals surface area contributed by atoms with E-state index in [1.54, 1.807) is 24.3 Å². The van der Waals surface area contributed by atoms with Crippen LogP contribution in [0.15, 0.2) is 58.2 Å². The summed E-state index contributed by atoms with van der Waals surface area (Å²) in [5, 5.41) is 3.91. The van der Waals surface area contributed by atoms with E-state index in [0.29, 0.717) is 22.6 Å². The molecule has 1 aromatic carbocycles. The third-order valence-electron chi connectivity index (χ3n) is 4.90. The molecule has 1 amide bonds. The van der Waals surface area contributed by atoms with Gasteiger partial charge in [0, 0.05) is 18.7 Å². The van der Waals surface area contributed by atoms with Crippen LogP contribution in [0.25, 0.3) is 11.3 Å². The maximum Gasteiger partial charge on any atom is 0.280 e. The normalized spacial score (nSPS) is 18.8. The molecule has 3 heterocycles. The predicted octanol–water partition coefficient (Wildman–Crippen LogP) is 2.71. The van der Waals surface area contributed by atoms with Crippen LogP contribution in [0.1, 0.15) is 23.4 Å². The zero-order valence-corrected chi connectivity index (χ0v) is 16.0. The molecule has 10 heteroatoms. The van der Waals surface area contributed by atoms with Crippen LogP contribution in [-0.4, -0.2) is 41.1 Å². The van der Waals surface area contributed by atoms with E-state index in [-0.39, 0.29) is 11.7 Å². The lowest BCUT2D eigenvalue weighted by Gasteiger charge is -2.26. The third kappa shape index (κ3) is 2.97. The fourth-order valence-corrected chi connectivity index (χ4v) is 3.35. The van der Waals surface area contributed by atoms with Gasteiger partial charge in [-0.3, -0.25) is 9.69 Å². The zero-order valence-electron chi connectivity index (χ0n) is 16.0. The summed E-state index contributed by atoms with van der Waals surface area (Å²) in [5.74, 6) is -0.181. The fourth-order valence-electron chi connectivity index (χ4n) is 3.35. The van der Waals surface area contributed by atoms with Crippen molar-refractivity contribution in [3.05, 3.63) is 65.7 Å². The van der Waals surface area contributed by atoms with Gasteiger partial charge < -0.3 is 15.0 Å². The smallest absolute Gasteiger partial charge is 0.280 e. The van der Waals surface area contributed by atoms with Crippen LogP contribution in [0.3, 0.4) is 0 Å². The summed E-state index contributed by atoms with van der Waals surface area (Å²) in [6.45, 7) is 0. The van der Waals surface area contributed by atoms with Crippen molar-refractivity contribution < 1.29 is 22.8 Å². The Morgan fingerprint density at radius 3 is 2.63 bits per heavy atom. The summed E-state index contributed by atoms with van der Waals surface area (Å²) in [4.78, 5) is 22.9. The summed E-state index contributed by atoms with van der Waals surface area (Å²) >= 11 is 0. The number of hydrogen-bond acceptors (Lipinski definition) is 7. The highest BCUT2D eigenvalue weighted by molar-refractivity contribution is 6.08. The number of nitrogens with zero attached hydrogens (tertiary/aromatic N) is 4. The molecule has 0 fully saturated rings. The van der Waals surface area contributed by atoms with Gasteiger partial charge in [0.1, 0.15) is 23.4 Å². The molecule has 3 aromatic rings. The first-order valence-electron chi connectivity index (χ1n) is 8.86.